The summed E-state index contributed by atoms with van der Waals surface area (Å²) in [6.07, 6.45) is -1.16. The van der Waals surface area contributed by atoms with E-state index in [4.69, 9.17) is 14.6 Å². The fourth-order valence-electron chi connectivity index (χ4n) is 2.71. The van der Waals surface area contributed by atoms with Crippen LogP contribution in [0.15, 0.2) is 29.2 Å². The summed E-state index contributed by atoms with van der Waals surface area (Å²) in [6.45, 7) is 6.44. The Labute approximate surface area is 173 Å². The number of esters is 2. The minimum absolute atomic E-state index is 0.0488. The molecule has 0 spiro atoms. The first-order chi connectivity index (χ1) is 14.0. The minimum atomic E-state index is -3.84. The number of aromatic amines is 1. The van der Waals surface area contributed by atoms with Gasteiger partial charge in [-0.2, -0.15) is 0 Å². The molecule has 1 aromatic heterocycles. The quantitative estimate of drug-likeness (QED) is 0.555. The maximum Gasteiger partial charge on any atom is 0.355 e. The van der Waals surface area contributed by atoms with E-state index in [1.165, 1.54) is 31.2 Å². The van der Waals surface area contributed by atoms with Crippen LogP contribution in [0.25, 0.3) is 0 Å². The molecule has 0 fully saturated rings. The maximum absolute atomic E-state index is 12.5. The Hall–Kier alpha value is -3.18. The molecular weight excluding hydrogens is 414 g/mol. The predicted molar refractivity (Wildman–Crippen MR) is 108 cm³/mol. The number of carbonyl (C=O) groups excluding carboxylic acids is 3. The molecule has 0 bridgehead atoms. The third-order valence-electron chi connectivity index (χ3n) is 4.22. The first-order valence-corrected chi connectivity index (χ1v) is 10.5. The van der Waals surface area contributed by atoms with Crippen LogP contribution in [-0.2, 0) is 24.3 Å². The third kappa shape index (κ3) is 5.24. The molecule has 30 heavy (non-hydrogen) atoms. The molecule has 162 valence electrons. The van der Waals surface area contributed by atoms with Crippen molar-refractivity contribution in [2.45, 2.75) is 38.7 Å². The van der Waals surface area contributed by atoms with E-state index < -0.39 is 34.0 Å². The summed E-state index contributed by atoms with van der Waals surface area (Å²) in [6, 6.07) is 5.19. The number of aromatic nitrogens is 1. The van der Waals surface area contributed by atoms with E-state index in [0.717, 1.165) is 0 Å². The highest BCUT2D eigenvalue weighted by molar-refractivity contribution is 7.89. The molecule has 2 rings (SSSR count). The average molecular weight is 437 g/mol. The number of carbonyl (C=O) groups is 3. The highest BCUT2D eigenvalue weighted by atomic mass is 32.2. The predicted octanol–water partition coefficient (Wildman–Crippen LogP) is 1.64. The molecule has 1 amide bonds. The van der Waals surface area contributed by atoms with Crippen LogP contribution in [0.2, 0.25) is 0 Å². The Balaban J connectivity index is 2.08. The van der Waals surface area contributed by atoms with Gasteiger partial charge in [-0.15, -0.1) is 0 Å². The number of anilines is 1. The van der Waals surface area contributed by atoms with Crippen LogP contribution in [0, 0.1) is 13.8 Å². The third-order valence-corrected chi connectivity index (χ3v) is 5.15. The normalized spacial score (nSPS) is 12.2. The lowest BCUT2D eigenvalue weighted by molar-refractivity contribution is -0.123. The second kappa shape index (κ2) is 9.09. The molecule has 1 aromatic carbocycles. The number of H-pyrrole nitrogens is 1. The Morgan fingerprint density at radius 2 is 1.73 bits per heavy atom. The zero-order valence-electron chi connectivity index (χ0n) is 16.9. The number of amides is 1. The van der Waals surface area contributed by atoms with Crippen LogP contribution in [0.4, 0.5) is 5.69 Å². The summed E-state index contributed by atoms with van der Waals surface area (Å²) in [5.74, 6) is -1.99. The van der Waals surface area contributed by atoms with Gasteiger partial charge in [0.2, 0.25) is 10.0 Å². The Morgan fingerprint density at radius 1 is 1.13 bits per heavy atom. The molecule has 10 nitrogen and oxygen atoms in total. The number of ether oxygens (including phenoxy) is 2. The molecule has 0 aliphatic rings. The number of hydrogen-bond donors (Lipinski definition) is 3. The van der Waals surface area contributed by atoms with E-state index in [0.29, 0.717) is 16.9 Å². The molecule has 0 radical (unpaired) electrons. The highest BCUT2D eigenvalue weighted by Crippen LogP contribution is 2.20. The average Bonchev–Trinajstić information content (AvgIpc) is 2.96. The summed E-state index contributed by atoms with van der Waals surface area (Å²) >= 11 is 0. The maximum atomic E-state index is 12.5. The van der Waals surface area contributed by atoms with Gasteiger partial charge in [0.1, 0.15) is 5.69 Å². The van der Waals surface area contributed by atoms with Gasteiger partial charge in [-0.1, -0.05) is 0 Å². The number of primary sulfonamides is 1. The summed E-state index contributed by atoms with van der Waals surface area (Å²) in [5, 5.41) is 7.53. The van der Waals surface area contributed by atoms with Gasteiger partial charge in [0.15, 0.2) is 6.10 Å². The summed E-state index contributed by atoms with van der Waals surface area (Å²) < 4.78 is 32.7. The molecule has 0 saturated carbocycles. The van der Waals surface area contributed by atoms with Crippen LogP contribution < -0.4 is 10.5 Å². The zero-order valence-corrected chi connectivity index (χ0v) is 17.8. The Morgan fingerprint density at radius 3 is 2.27 bits per heavy atom. The molecular formula is C19H23N3O7S. The number of sulfonamides is 1. The van der Waals surface area contributed by atoms with Crippen LogP contribution in [0.3, 0.4) is 0 Å². The SMILES string of the molecule is CCOC(=O)c1c(C)[nH]c(C(=O)O[C@@H](C)C(=O)Nc2ccc(S(N)(=O)=O)cc2)c1C. The topological polar surface area (TPSA) is 158 Å². The summed E-state index contributed by atoms with van der Waals surface area (Å²) in [4.78, 5) is 39.5. The number of rotatable bonds is 7. The standard InChI is InChI=1S/C19H23N3O7S/c1-5-28-18(24)15-10(2)16(21-11(15)3)19(25)29-12(4)17(23)22-13-6-8-14(9-7-13)30(20,26)27/h6-9,12,21H,5H2,1-4H3,(H,22,23)(H2,20,26,27)/t12-/m0/s1. The van der Waals surface area contributed by atoms with Gasteiger partial charge >= 0.3 is 11.9 Å². The molecule has 11 heteroatoms. The van der Waals surface area contributed by atoms with E-state index in [1.807, 2.05) is 0 Å². The number of nitrogens with two attached hydrogens (primary N) is 1. The fraction of sp³-hybridized carbons (Fsp3) is 0.316. The lowest BCUT2D eigenvalue weighted by Gasteiger charge is -2.13. The summed E-state index contributed by atoms with van der Waals surface area (Å²) in [7, 11) is -3.84. The first-order valence-electron chi connectivity index (χ1n) is 8.96. The molecule has 1 heterocycles. The van der Waals surface area contributed by atoms with E-state index >= 15 is 0 Å². The van der Waals surface area contributed by atoms with Crippen LogP contribution in [0.1, 0.15) is 46.0 Å². The van der Waals surface area contributed by atoms with E-state index in [9.17, 15) is 22.8 Å². The zero-order chi connectivity index (χ0) is 22.6. The van der Waals surface area contributed by atoms with Gasteiger partial charge in [-0.3, -0.25) is 4.79 Å². The van der Waals surface area contributed by atoms with Crippen molar-refractivity contribution in [3.05, 3.63) is 46.8 Å². The Kier molecular flexibility index (Phi) is 7.00. The van der Waals surface area contributed by atoms with Crippen molar-refractivity contribution in [1.82, 2.24) is 4.98 Å². The number of aryl methyl sites for hydroxylation is 1. The van der Waals surface area contributed by atoms with Crippen molar-refractivity contribution in [1.29, 1.82) is 0 Å². The van der Waals surface area contributed by atoms with Gasteiger partial charge in [0.25, 0.3) is 5.91 Å². The van der Waals surface area contributed by atoms with Gasteiger partial charge < -0.3 is 19.8 Å². The second-order valence-corrected chi connectivity index (χ2v) is 8.01. The summed E-state index contributed by atoms with van der Waals surface area (Å²) in [5.41, 5.74) is 1.41. The van der Waals surface area contributed by atoms with Gasteiger partial charge in [0.05, 0.1) is 17.1 Å². The molecule has 0 aliphatic carbocycles. The smallest absolute Gasteiger partial charge is 0.355 e. The van der Waals surface area contributed by atoms with Crippen LogP contribution in [0.5, 0.6) is 0 Å². The monoisotopic (exact) mass is 437 g/mol. The number of nitrogens with one attached hydrogen (secondary N) is 2. The van der Waals surface area contributed by atoms with Crippen LogP contribution in [-0.4, -0.2) is 44.0 Å². The van der Waals surface area contributed by atoms with E-state index in [2.05, 4.69) is 10.3 Å². The minimum Gasteiger partial charge on any atom is -0.462 e. The number of hydrogen-bond acceptors (Lipinski definition) is 7. The van der Waals surface area contributed by atoms with Gasteiger partial charge in [-0.05, 0) is 57.5 Å². The lowest BCUT2D eigenvalue weighted by Crippen LogP contribution is -2.30. The van der Waals surface area contributed by atoms with E-state index in [-0.39, 0.29) is 22.8 Å². The van der Waals surface area contributed by atoms with Crippen molar-refractivity contribution in [2.24, 2.45) is 5.14 Å². The molecule has 0 unspecified atom stereocenters. The Bertz CT molecular complexity index is 1070. The van der Waals surface area contributed by atoms with Gasteiger partial charge in [0, 0.05) is 11.4 Å². The molecule has 4 N–H and O–H groups in total. The lowest BCUT2D eigenvalue weighted by atomic mass is 10.1. The van der Waals surface area contributed by atoms with Crippen molar-refractivity contribution >= 4 is 33.6 Å². The van der Waals surface area contributed by atoms with Crippen molar-refractivity contribution in [3.63, 3.8) is 0 Å². The van der Waals surface area contributed by atoms with Crippen molar-refractivity contribution < 1.29 is 32.3 Å². The first kappa shape index (κ1) is 23.1. The van der Waals surface area contributed by atoms with Crippen molar-refractivity contribution in [2.75, 3.05) is 11.9 Å². The fourth-order valence-corrected chi connectivity index (χ4v) is 3.22. The molecule has 1 atom stereocenters. The van der Waals surface area contributed by atoms with Crippen LogP contribution >= 0.6 is 0 Å². The van der Waals surface area contributed by atoms with Gasteiger partial charge in [-0.25, -0.2) is 23.1 Å². The largest absolute Gasteiger partial charge is 0.462 e. The molecule has 2 aromatic rings. The molecule has 0 saturated heterocycles. The molecule has 0 aliphatic heterocycles. The van der Waals surface area contributed by atoms with E-state index in [1.54, 1.807) is 20.8 Å². The second-order valence-electron chi connectivity index (χ2n) is 6.45. The van der Waals surface area contributed by atoms with Crippen molar-refractivity contribution in [3.8, 4) is 0 Å². The number of benzene rings is 1. The highest BCUT2D eigenvalue weighted by Gasteiger charge is 2.26.